The number of benzene rings is 1. The van der Waals surface area contributed by atoms with Crippen LogP contribution in [0.2, 0.25) is 0 Å². The smallest absolute Gasteiger partial charge is 0.416 e. The van der Waals surface area contributed by atoms with E-state index in [1.807, 2.05) is 0 Å². The molecule has 0 heterocycles. The van der Waals surface area contributed by atoms with Crippen LogP contribution >= 0.6 is 0 Å². The first-order chi connectivity index (χ1) is 9.16. The number of carbonyl (C=O) groups is 1. The van der Waals surface area contributed by atoms with E-state index in [1.165, 1.54) is 0 Å². The Hall–Kier alpha value is -2.38. The van der Waals surface area contributed by atoms with E-state index >= 15 is 0 Å². The van der Waals surface area contributed by atoms with Gasteiger partial charge in [0, 0.05) is 13.0 Å². The molecule has 0 spiro atoms. The van der Waals surface area contributed by atoms with Crippen LogP contribution in [-0.2, 0) is 10.9 Å². The van der Waals surface area contributed by atoms with Gasteiger partial charge in [0.15, 0.2) is 0 Å². The summed E-state index contributed by atoms with van der Waals surface area (Å²) in [4.78, 5) is 21.2. The summed E-state index contributed by atoms with van der Waals surface area (Å²) in [6.07, 6.45) is -3.72. The van der Waals surface area contributed by atoms with Gasteiger partial charge < -0.3 is 4.74 Å². The topological polar surface area (TPSA) is 69.4 Å². The summed E-state index contributed by atoms with van der Waals surface area (Å²) in [6, 6.07) is 2.30. The maximum absolute atomic E-state index is 12.6. The number of nitro groups is 1. The number of methoxy groups -OCH3 is 1. The largest absolute Gasteiger partial charge is 0.465 e. The van der Waals surface area contributed by atoms with Gasteiger partial charge in [-0.1, -0.05) is 0 Å². The molecule has 1 aromatic rings. The van der Waals surface area contributed by atoms with Crippen LogP contribution in [0.15, 0.2) is 23.9 Å². The maximum atomic E-state index is 12.6. The number of nitrogens with zero attached hydrogens (tertiary/aromatic N) is 1. The van der Waals surface area contributed by atoms with E-state index in [-0.39, 0.29) is 11.1 Å². The van der Waals surface area contributed by atoms with Crippen molar-refractivity contribution >= 4 is 12.0 Å². The second kappa shape index (κ2) is 5.72. The molecule has 0 atom stereocenters. The van der Waals surface area contributed by atoms with E-state index in [2.05, 4.69) is 4.74 Å². The van der Waals surface area contributed by atoms with Crippen LogP contribution < -0.4 is 0 Å². The van der Waals surface area contributed by atoms with Crippen molar-refractivity contribution in [2.45, 2.75) is 13.1 Å². The Morgan fingerprint density at radius 2 is 2.00 bits per heavy atom. The summed E-state index contributed by atoms with van der Waals surface area (Å²) >= 11 is 0. The number of ether oxygens (including phenoxy) is 1. The molecular formula is C12H10F3NO4. The van der Waals surface area contributed by atoms with Crippen molar-refractivity contribution in [3.05, 3.63) is 50.7 Å². The van der Waals surface area contributed by atoms with E-state index in [9.17, 15) is 28.1 Å². The van der Waals surface area contributed by atoms with Gasteiger partial charge in [0.05, 0.1) is 23.2 Å². The zero-order valence-electron chi connectivity index (χ0n) is 10.5. The number of hydrogen-bond acceptors (Lipinski definition) is 4. The van der Waals surface area contributed by atoms with Gasteiger partial charge in [-0.3, -0.25) is 10.1 Å². The summed E-state index contributed by atoms with van der Waals surface area (Å²) in [5.74, 6) is -0.874. The predicted octanol–water partition coefficient (Wildman–Crippen LogP) is 3.13. The second-order valence-corrected chi connectivity index (χ2v) is 3.83. The van der Waals surface area contributed by atoms with Gasteiger partial charge in [-0.15, -0.1) is 0 Å². The lowest BCUT2D eigenvalue weighted by Crippen LogP contribution is -2.09. The second-order valence-electron chi connectivity index (χ2n) is 3.83. The van der Waals surface area contributed by atoms with Crippen LogP contribution in [0.3, 0.4) is 0 Å². The summed E-state index contributed by atoms with van der Waals surface area (Å²) in [5, 5.41) is 10.5. The minimum atomic E-state index is -4.61. The predicted molar refractivity (Wildman–Crippen MR) is 63.4 cm³/mol. The van der Waals surface area contributed by atoms with Crippen LogP contribution in [0.4, 0.5) is 13.2 Å². The Labute approximate surface area is 111 Å². The van der Waals surface area contributed by atoms with E-state index in [0.717, 1.165) is 26.2 Å². The quantitative estimate of drug-likeness (QED) is 0.487. The number of carbonyl (C=O) groups excluding carboxylic acids is 1. The first-order valence-electron chi connectivity index (χ1n) is 5.29. The highest BCUT2D eigenvalue weighted by Crippen LogP contribution is 2.31. The van der Waals surface area contributed by atoms with Crippen LogP contribution in [-0.4, -0.2) is 18.0 Å². The molecule has 0 saturated heterocycles. The Morgan fingerprint density at radius 1 is 1.40 bits per heavy atom. The maximum Gasteiger partial charge on any atom is 0.416 e. The Bertz CT molecular complexity index is 579. The first kappa shape index (κ1) is 15.7. The zero-order valence-corrected chi connectivity index (χ0v) is 10.5. The lowest BCUT2D eigenvalue weighted by molar-refractivity contribution is -0.422. The van der Waals surface area contributed by atoms with Crippen molar-refractivity contribution in [3.63, 3.8) is 0 Å². The van der Waals surface area contributed by atoms with Gasteiger partial charge in [0.2, 0.25) is 5.70 Å². The number of rotatable bonds is 3. The number of hydrogen-bond donors (Lipinski definition) is 0. The first-order valence-corrected chi connectivity index (χ1v) is 5.29. The Balaban J connectivity index is 3.45. The fourth-order valence-corrected chi connectivity index (χ4v) is 1.43. The number of alkyl halides is 3. The molecule has 0 aliphatic heterocycles. The molecule has 20 heavy (non-hydrogen) atoms. The van der Waals surface area contributed by atoms with E-state index in [4.69, 9.17) is 0 Å². The Morgan fingerprint density at radius 3 is 2.45 bits per heavy atom. The van der Waals surface area contributed by atoms with Crippen molar-refractivity contribution < 1.29 is 27.6 Å². The molecule has 0 fully saturated rings. The summed E-state index contributed by atoms with van der Waals surface area (Å²) < 4.78 is 42.2. The summed E-state index contributed by atoms with van der Waals surface area (Å²) in [7, 11) is 1.06. The molecule has 0 aliphatic carbocycles. The number of esters is 1. The molecule has 108 valence electrons. The van der Waals surface area contributed by atoms with Gasteiger partial charge in [-0.25, -0.2) is 4.79 Å². The third-order valence-corrected chi connectivity index (χ3v) is 2.44. The highest BCUT2D eigenvalue weighted by Gasteiger charge is 2.31. The minimum Gasteiger partial charge on any atom is -0.465 e. The van der Waals surface area contributed by atoms with Gasteiger partial charge in [-0.2, -0.15) is 13.2 Å². The molecule has 0 aromatic heterocycles. The average molecular weight is 289 g/mol. The summed E-state index contributed by atoms with van der Waals surface area (Å²) in [6.45, 7) is 1.11. The van der Waals surface area contributed by atoms with Crippen molar-refractivity contribution in [2.75, 3.05) is 7.11 Å². The van der Waals surface area contributed by atoms with Crippen molar-refractivity contribution in [1.29, 1.82) is 0 Å². The standard InChI is InChI=1S/C12H10F3NO4/c1-7(16(18)19)5-8-6-9(12(13,14)15)3-4-10(8)11(17)20-2/h3-6H,1-2H3/b7-5+. The zero-order chi connectivity index (χ0) is 15.5. The highest BCUT2D eigenvalue weighted by molar-refractivity contribution is 5.93. The van der Waals surface area contributed by atoms with E-state index in [0.29, 0.717) is 12.1 Å². The highest BCUT2D eigenvalue weighted by atomic mass is 19.4. The van der Waals surface area contributed by atoms with Gasteiger partial charge in [-0.05, 0) is 23.8 Å². The molecule has 0 N–H and O–H groups in total. The third kappa shape index (κ3) is 3.56. The van der Waals surface area contributed by atoms with E-state index in [1.54, 1.807) is 0 Å². The third-order valence-electron chi connectivity index (χ3n) is 2.44. The van der Waals surface area contributed by atoms with Crippen LogP contribution in [0.1, 0.15) is 28.4 Å². The summed E-state index contributed by atoms with van der Waals surface area (Å²) in [5.41, 5.74) is -1.80. The van der Waals surface area contributed by atoms with Crippen LogP contribution in [0.25, 0.3) is 6.08 Å². The molecule has 8 heteroatoms. The molecule has 1 rings (SSSR count). The molecular weight excluding hydrogens is 279 g/mol. The van der Waals surface area contributed by atoms with Crippen LogP contribution in [0, 0.1) is 10.1 Å². The molecule has 1 aromatic carbocycles. The lowest BCUT2D eigenvalue weighted by atomic mass is 10.0. The van der Waals surface area contributed by atoms with Crippen LogP contribution in [0.5, 0.6) is 0 Å². The van der Waals surface area contributed by atoms with E-state index < -0.39 is 28.3 Å². The number of allylic oxidation sites excluding steroid dienone is 1. The molecule has 0 radical (unpaired) electrons. The number of halogens is 3. The monoisotopic (exact) mass is 289 g/mol. The fourth-order valence-electron chi connectivity index (χ4n) is 1.43. The average Bonchev–Trinajstić information content (AvgIpc) is 2.36. The minimum absolute atomic E-state index is 0.179. The molecule has 0 amide bonds. The molecule has 0 saturated carbocycles. The van der Waals surface area contributed by atoms with Gasteiger partial charge in [0.25, 0.3) is 0 Å². The SMILES string of the molecule is COC(=O)c1ccc(C(F)(F)F)cc1/C=C(\C)[N+](=O)[O-]. The Kier molecular flexibility index (Phi) is 4.49. The fraction of sp³-hybridized carbons (Fsp3) is 0.250. The molecule has 0 aliphatic rings. The van der Waals surface area contributed by atoms with Crippen molar-refractivity contribution in [1.82, 2.24) is 0 Å². The molecule has 0 bridgehead atoms. The van der Waals surface area contributed by atoms with Crippen molar-refractivity contribution in [2.24, 2.45) is 0 Å². The van der Waals surface area contributed by atoms with Gasteiger partial charge >= 0.3 is 12.1 Å². The van der Waals surface area contributed by atoms with Crippen molar-refractivity contribution in [3.8, 4) is 0 Å². The lowest BCUT2D eigenvalue weighted by Gasteiger charge is -2.10. The molecule has 5 nitrogen and oxygen atoms in total. The van der Waals surface area contributed by atoms with Gasteiger partial charge in [0.1, 0.15) is 0 Å². The molecule has 0 unspecified atom stereocenters. The normalized spacial score (nSPS) is 12.2.